The van der Waals surface area contributed by atoms with Gasteiger partial charge in [0.2, 0.25) is 0 Å². The third-order valence-electron chi connectivity index (χ3n) is 4.59. The molecular weight excluding hydrogens is 278 g/mol. The number of benzene rings is 1. The van der Waals surface area contributed by atoms with Crippen LogP contribution in [0.2, 0.25) is 0 Å². The first-order valence-electron chi connectivity index (χ1n) is 6.86. The predicted molar refractivity (Wildman–Crippen MR) is 75.0 cm³/mol. The van der Waals surface area contributed by atoms with Gasteiger partial charge in [0, 0.05) is 18.0 Å². The van der Waals surface area contributed by atoms with Crippen molar-refractivity contribution in [3.8, 4) is 0 Å². The first kappa shape index (κ1) is 14.0. The fraction of sp³-hybridized carbons (Fsp3) is 0.571. The van der Waals surface area contributed by atoms with Crippen molar-refractivity contribution in [2.24, 2.45) is 0 Å². The highest BCUT2D eigenvalue weighted by Gasteiger charge is 2.50. The molecule has 3 rings (SSSR count). The van der Waals surface area contributed by atoms with E-state index in [9.17, 15) is 18.1 Å². The van der Waals surface area contributed by atoms with Crippen LogP contribution in [0.1, 0.15) is 30.4 Å². The zero-order valence-electron chi connectivity index (χ0n) is 11.1. The van der Waals surface area contributed by atoms with Gasteiger partial charge in [0.05, 0.1) is 11.9 Å². The van der Waals surface area contributed by atoms with Crippen LogP contribution in [-0.2, 0) is 22.1 Å². The van der Waals surface area contributed by atoms with Gasteiger partial charge in [0.25, 0.3) is 10.1 Å². The van der Waals surface area contributed by atoms with Crippen molar-refractivity contribution >= 4 is 10.1 Å². The van der Waals surface area contributed by atoms with Gasteiger partial charge < -0.3 is 10.4 Å². The van der Waals surface area contributed by atoms with Gasteiger partial charge in [-0.15, -0.1) is 0 Å². The second-order valence-corrected chi connectivity index (χ2v) is 7.36. The first-order valence-corrected chi connectivity index (χ1v) is 8.47. The smallest absolute Gasteiger partial charge is 0.265 e. The van der Waals surface area contributed by atoms with E-state index in [0.717, 1.165) is 11.1 Å². The molecule has 1 aliphatic carbocycles. The average Bonchev–Trinajstić information content (AvgIpc) is 2.36. The van der Waals surface area contributed by atoms with Crippen molar-refractivity contribution in [3.05, 3.63) is 35.4 Å². The molecule has 3 atom stereocenters. The van der Waals surface area contributed by atoms with Crippen LogP contribution in [0.15, 0.2) is 24.3 Å². The average molecular weight is 297 g/mol. The van der Waals surface area contributed by atoms with E-state index >= 15 is 0 Å². The van der Waals surface area contributed by atoms with Crippen LogP contribution < -0.4 is 5.32 Å². The highest BCUT2D eigenvalue weighted by atomic mass is 32.2. The van der Waals surface area contributed by atoms with Gasteiger partial charge in [-0.25, -0.2) is 0 Å². The Morgan fingerprint density at radius 2 is 2.05 bits per heavy atom. The SMILES string of the molecule is O=S(=O)(O)CC12CC(O)CCC1NCc1ccccc12. The second-order valence-electron chi connectivity index (χ2n) is 5.91. The lowest BCUT2D eigenvalue weighted by atomic mass is 9.63. The first-order chi connectivity index (χ1) is 9.41. The molecule has 110 valence electrons. The van der Waals surface area contributed by atoms with Gasteiger partial charge in [-0.2, -0.15) is 8.42 Å². The fourth-order valence-electron chi connectivity index (χ4n) is 3.85. The molecule has 3 unspecified atom stereocenters. The molecule has 0 radical (unpaired) electrons. The molecule has 0 aromatic heterocycles. The Balaban J connectivity index is 2.14. The lowest BCUT2D eigenvalue weighted by Crippen LogP contribution is -2.59. The molecule has 1 heterocycles. The van der Waals surface area contributed by atoms with Crippen molar-refractivity contribution in [1.29, 1.82) is 0 Å². The van der Waals surface area contributed by atoms with Crippen LogP contribution in [0.5, 0.6) is 0 Å². The van der Waals surface area contributed by atoms with E-state index in [2.05, 4.69) is 5.32 Å². The Hall–Kier alpha value is -0.950. The summed E-state index contributed by atoms with van der Waals surface area (Å²) in [4.78, 5) is 0. The summed E-state index contributed by atoms with van der Waals surface area (Å²) in [5, 5.41) is 13.4. The third kappa shape index (κ3) is 2.37. The van der Waals surface area contributed by atoms with E-state index in [4.69, 9.17) is 0 Å². The van der Waals surface area contributed by atoms with Crippen LogP contribution in [0.25, 0.3) is 0 Å². The largest absolute Gasteiger partial charge is 0.393 e. The normalized spacial score (nSPS) is 33.3. The molecule has 5 nitrogen and oxygen atoms in total. The summed E-state index contributed by atoms with van der Waals surface area (Å²) in [6.07, 6.45) is 1.21. The number of fused-ring (bicyclic) bond motifs is 3. The van der Waals surface area contributed by atoms with Crippen molar-refractivity contribution in [3.63, 3.8) is 0 Å². The minimum Gasteiger partial charge on any atom is -0.393 e. The molecule has 1 aromatic rings. The molecular formula is C14H19NO4S. The van der Waals surface area contributed by atoms with E-state index in [1.807, 2.05) is 24.3 Å². The maximum absolute atomic E-state index is 11.5. The van der Waals surface area contributed by atoms with Gasteiger partial charge in [-0.1, -0.05) is 24.3 Å². The number of hydrogen-bond acceptors (Lipinski definition) is 4. The summed E-state index contributed by atoms with van der Waals surface area (Å²) in [6, 6.07) is 7.66. The van der Waals surface area contributed by atoms with Gasteiger partial charge >= 0.3 is 0 Å². The molecule has 0 amide bonds. The Kier molecular flexibility index (Phi) is 3.36. The summed E-state index contributed by atoms with van der Waals surface area (Å²) in [5.41, 5.74) is 1.25. The van der Waals surface area contributed by atoms with Crippen LogP contribution in [0, 0.1) is 0 Å². The van der Waals surface area contributed by atoms with E-state index < -0.39 is 21.6 Å². The molecule has 0 bridgehead atoms. The monoisotopic (exact) mass is 297 g/mol. The van der Waals surface area contributed by atoms with E-state index in [0.29, 0.717) is 25.8 Å². The van der Waals surface area contributed by atoms with Crippen molar-refractivity contribution in [2.75, 3.05) is 5.75 Å². The molecule has 1 aromatic carbocycles. The molecule has 2 aliphatic rings. The highest BCUT2D eigenvalue weighted by Crippen LogP contribution is 2.44. The third-order valence-corrected chi connectivity index (χ3v) is 5.47. The van der Waals surface area contributed by atoms with Crippen molar-refractivity contribution in [1.82, 2.24) is 5.32 Å². The number of aliphatic hydroxyl groups excluding tert-OH is 1. The van der Waals surface area contributed by atoms with Gasteiger partial charge in [-0.05, 0) is 30.4 Å². The highest BCUT2D eigenvalue weighted by molar-refractivity contribution is 7.85. The zero-order chi connectivity index (χ0) is 14.4. The molecule has 0 saturated heterocycles. The summed E-state index contributed by atoms with van der Waals surface area (Å²) < 4.78 is 32.4. The van der Waals surface area contributed by atoms with Gasteiger partial charge in [0.1, 0.15) is 0 Å². The van der Waals surface area contributed by atoms with E-state index in [-0.39, 0.29) is 11.8 Å². The maximum Gasteiger partial charge on any atom is 0.265 e. The molecule has 0 spiro atoms. The van der Waals surface area contributed by atoms with Crippen molar-refractivity contribution < 1.29 is 18.1 Å². The number of hydrogen-bond donors (Lipinski definition) is 3. The second kappa shape index (κ2) is 4.80. The summed E-state index contributed by atoms with van der Waals surface area (Å²) in [6.45, 7) is 0.699. The van der Waals surface area contributed by atoms with Crippen molar-refractivity contribution in [2.45, 2.75) is 43.4 Å². The molecule has 1 saturated carbocycles. The molecule has 6 heteroatoms. The van der Waals surface area contributed by atoms with E-state index in [1.54, 1.807) is 0 Å². The quantitative estimate of drug-likeness (QED) is 0.704. The topological polar surface area (TPSA) is 86.6 Å². The van der Waals surface area contributed by atoms with Crippen LogP contribution >= 0.6 is 0 Å². The van der Waals surface area contributed by atoms with Gasteiger partial charge in [-0.3, -0.25) is 4.55 Å². The fourth-order valence-corrected chi connectivity index (χ4v) is 4.98. The minimum atomic E-state index is -4.12. The van der Waals surface area contributed by atoms with Crippen LogP contribution in [0.3, 0.4) is 0 Å². The zero-order valence-corrected chi connectivity index (χ0v) is 11.9. The van der Waals surface area contributed by atoms with Crippen LogP contribution in [0.4, 0.5) is 0 Å². The Bertz CT molecular complexity index is 615. The van der Waals surface area contributed by atoms with Gasteiger partial charge in [0.15, 0.2) is 0 Å². The molecule has 3 N–H and O–H groups in total. The summed E-state index contributed by atoms with van der Waals surface area (Å²) >= 11 is 0. The standard InChI is InChI=1S/C14H19NO4S/c16-11-5-6-13-14(7-11,9-20(17,18)19)12-4-2-1-3-10(12)8-15-13/h1-4,11,13,15-16H,5-9H2,(H,17,18,19). The lowest BCUT2D eigenvalue weighted by Gasteiger charge is -2.49. The lowest BCUT2D eigenvalue weighted by molar-refractivity contribution is 0.0643. The Morgan fingerprint density at radius 3 is 2.80 bits per heavy atom. The van der Waals surface area contributed by atoms with E-state index in [1.165, 1.54) is 0 Å². The molecule has 1 fully saturated rings. The molecule has 20 heavy (non-hydrogen) atoms. The summed E-state index contributed by atoms with van der Waals surface area (Å²) in [7, 11) is -4.12. The minimum absolute atomic E-state index is 0.0253. The molecule has 1 aliphatic heterocycles. The summed E-state index contributed by atoms with van der Waals surface area (Å²) in [5.74, 6) is -0.342. The maximum atomic E-state index is 11.5. The van der Waals surface area contributed by atoms with Crippen LogP contribution in [-0.4, -0.2) is 36.0 Å². The number of rotatable bonds is 2. The number of aliphatic hydroxyl groups is 1. The Morgan fingerprint density at radius 1 is 1.30 bits per heavy atom. The number of nitrogens with one attached hydrogen (secondary N) is 1. The Labute approximate surface area is 118 Å². The predicted octanol–water partition coefficient (Wildman–Crippen LogP) is 0.829.